The summed E-state index contributed by atoms with van der Waals surface area (Å²) in [5, 5.41) is 0. The van der Waals surface area contributed by atoms with Crippen LogP contribution in [0.3, 0.4) is 0 Å². The number of hydrogen-bond acceptors (Lipinski definition) is 10. The lowest BCUT2D eigenvalue weighted by molar-refractivity contribution is -0.139. The van der Waals surface area contributed by atoms with E-state index in [4.69, 9.17) is 28.4 Å². The molecular weight excluding hydrogens is 524 g/mol. The molecule has 0 fully saturated rings. The Balaban J connectivity index is 2.03. The van der Waals surface area contributed by atoms with Crippen LogP contribution in [-0.4, -0.2) is 52.7 Å². The molecule has 0 radical (unpaired) electrons. The van der Waals surface area contributed by atoms with Crippen molar-refractivity contribution in [2.45, 2.75) is 19.9 Å². The number of methoxy groups -OCH3 is 5. The van der Waals surface area contributed by atoms with Crippen LogP contribution in [0.4, 0.5) is 0 Å². The van der Waals surface area contributed by atoms with Gasteiger partial charge < -0.3 is 28.4 Å². The summed E-state index contributed by atoms with van der Waals surface area (Å²) in [6, 6.07) is 7.98. The van der Waals surface area contributed by atoms with Crippen LogP contribution in [0.2, 0.25) is 0 Å². The number of carbonyl (C=O) groups excluding carboxylic acids is 1. The summed E-state index contributed by atoms with van der Waals surface area (Å²) < 4.78 is 34.8. The lowest BCUT2D eigenvalue weighted by Gasteiger charge is -2.26. The van der Waals surface area contributed by atoms with Crippen LogP contribution in [0.15, 0.2) is 51.4 Å². The van der Waals surface area contributed by atoms with Crippen molar-refractivity contribution >= 4 is 23.4 Å². The molecule has 0 aliphatic carbocycles. The summed E-state index contributed by atoms with van der Waals surface area (Å²) in [6.45, 7) is 3.61. The van der Waals surface area contributed by atoms with Crippen molar-refractivity contribution in [2.75, 3.05) is 42.2 Å². The summed E-state index contributed by atoms with van der Waals surface area (Å²) >= 11 is 1.20. The molecule has 1 aromatic heterocycles. The van der Waals surface area contributed by atoms with Crippen molar-refractivity contribution in [2.24, 2.45) is 4.99 Å². The average molecular weight is 555 g/mol. The molecule has 39 heavy (non-hydrogen) atoms. The maximum atomic E-state index is 14.0. The largest absolute Gasteiger partial charge is 0.493 e. The van der Waals surface area contributed by atoms with E-state index >= 15 is 0 Å². The van der Waals surface area contributed by atoms with E-state index in [1.165, 1.54) is 44.3 Å². The maximum Gasteiger partial charge on any atom is 0.338 e. The van der Waals surface area contributed by atoms with E-state index in [9.17, 15) is 9.59 Å². The van der Waals surface area contributed by atoms with Crippen LogP contribution in [0.5, 0.6) is 28.7 Å². The van der Waals surface area contributed by atoms with Crippen LogP contribution in [0.1, 0.15) is 31.0 Å². The van der Waals surface area contributed by atoms with Gasteiger partial charge >= 0.3 is 5.97 Å². The Labute approximate surface area is 229 Å². The highest BCUT2D eigenvalue weighted by molar-refractivity contribution is 7.07. The fraction of sp³-hybridized carbons (Fsp3) is 0.321. The normalized spacial score (nSPS) is 14.8. The van der Waals surface area contributed by atoms with Crippen molar-refractivity contribution in [1.82, 2.24) is 4.57 Å². The highest BCUT2D eigenvalue weighted by Crippen LogP contribution is 2.42. The molecule has 0 unspecified atom stereocenters. The van der Waals surface area contributed by atoms with Crippen LogP contribution < -0.4 is 38.6 Å². The van der Waals surface area contributed by atoms with E-state index < -0.39 is 12.0 Å². The standard InChI is InChI=1S/C28H30N2O8S/c1-8-38-27(32)22-15(2)29-28-30(23(22)17-12-19(34-4)25(37-7)20(13-17)35-5)26(31)21(39-28)14-16-10-9-11-18(33-3)24(16)36-6/h9-14,23H,8H2,1-7H3/t23-/m0/s1. The predicted octanol–water partition coefficient (Wildman–Crippen LogP) is 2.84. The highest BCUT2D eigenvalue weighted by Gasteiger charge is 2.34. The van der Waals surface area contributed by atoms with E-state index in [2.05, 4.69) is 4.99 Å². The molecule has 11 heteroatoms. The number of rotatable bonds is 9. The van der Waals surface area contributed by atoms with Crippen LogP contribution in [0.25, 0.3) is 6.08 Å². The number of para-hydroxylation sites is 1. The topological polar surface area (TPSA) is 107 Å². The van der Waals surface area contributed by atoms with Crippen molar-refractivity contribution in [3.63, 3.8) is 0 Å². The van der Waals surface area contributed by atoms with Crippen LogP contribution in [-0.2, 0) is 9.53 Å². The highest BCUT2D eigenvalue weighted by atomic mass is 32.1. The van der Waals surface area contributed by atoms with Gasteiger partial charge in [0.05, 0.1) is 64.0 Å². The maximum absolute atomic E-state index is 14.0. The number of hydrogen-bond donors (Lipinski definition) is 0. The second-order valence-corrected chi connectivity index (χ2v) is 9.35. The molecule has 1 aliphatic rings. The monoisotopic (exact) mass is 554 g/mol. The van der Waals surface area contributed by atoms with Gasteiger partial charge in [0, 0.05) is 5.56 Å². The molecule has 2 heterocycles. The summed E-state index contributed by atoms with van der Waals surface area (Å²) in [6.07, 6.45) is 1.72. The Morgan fingerprint density at radius 2 is 1.62 bits per heavy atom. The van der Waals surface area contributed by atoms with E-state index in [1.807, 2.05) is 12.1 Å². The number of ether oxygens (including phenoxy) is 6. The second-order valence-electron chi connectivity index (χ2n) is 8.34. The van der Waals surface area contributed by atoms with Gasteiger partial charge in [0.15, 0.2) is 27.8 Å². The first-order valence-corrected chi connectivity index (χ1v) is 12.9. The fourth-order valence-electron chi connectivity index (χ4n) is 4.53. The molecule has 2 aromatic carbocycles. The third-order valence-corrected chi connectivity index (χ3v) is 7.22. The van der Waals surface area contributed by atoms with Crippen LogP contribution in [0, 0.1) is 0 Å². The van der Waals surface area contributed by atoms with Crippen molar-refractivity contribution in [3.05, 3.63) is 72.4 Å². The van der Waals surface area contributed by atoms with Crippen LogP contribution >= 0.6 is 11.3 Å². The number of aromatic nitrogens is 1. The summed E-state index contributed by atoms with van der Waals surface area (Å²) in [7, 11) is 7.59. The van der Waals surface area contributed by atoms with E-state index in [0.29, 0.717) is 54.9 Å². The molecular formula is C28H30N2O8S. The molecule has 0 amide bonds. The van der Waals surface area contributed by atoms with E-state index in [1.54, 1.807) is 45.2 Å². The number of carbonyl (C=O) groups is 1. The molecule has 0 bridgehead atoms. The Hall–Kier alpha value is -4.25. The molecule has 0 N–H and O–H groups in total. The minimum atomic E-state index is -0.858. The van der Waals surface area contributed by atoms with Gasteiger partial charge in [-0.1, -0.05) is 23.5 Å². The molecule has 0 spiro atoms. The Kier molecular flexibility index (Phi) is 8.29. The lowest BCUT2D eigenvalue weighted by Crippen LogP contribution is -2.40. The predicted molar refractivity (Wildman–Crippen MR) is 146 cm³/mol. The minimum absolute atomic E-state index is 0.164. The van der Waals surface area contributed by atoms with Gasteiger partial charge in [0.1, 0.15) is 0 Å². The molecule has 1 aliphatic heterocycles. The zero-order valence-corrected chi connectivity index (χ0v) is 23.6. The van der Waals surface area contributed by atoms with Gasteiger partial charge in [-0.3, -0.25) is 9.36 Å². The quantitative estimate of drug-likeness (QED) is 0.372. The number of benzene rings is 2. The van der Waals surface area contributed by atoms with E-state index in [0.717, 1.165) is 0 Å². The number of fused-ring (bicyclic) bond motifs is 1. The number of nitrogens with zero attached hydrogens (tertiary/aromatic N) is 2. The van der Waals surface area contributed by atoms with Crippen molar-refractivity contribution in [3.8, 4) is 28.7 Å². The molecule has 4 rings (SSSR count). The first-order valence-electron chi connectivity index (χ1n) is 12.0. The number of thiazole rings is 1. The Morgan fingerprint density at radius 1 is 0.974 bits per heavy atom. The first kappa shape index (κ1) is 27.8. The molecule has 0 saturated carbocycles. The van der Waals surface area contributed by atoms with Gasteiger partial charge in [-0.2, -0.15) is 0 Å². The molecule has 10 nitrogen and oxygen atoms in total. The molecule has 3 aromatic rings. The summed E-state index contributed by atoms with van der Waals surface area (Å²) in [4.78, 5) is 32.2. The zero-order valence-electron chi connectivity index (χ0n) is 22.8. The Bertz CT molecular complexity index is 1590. The van der Waals surface area contributed by atoms with Gasteiger partial charge in [-0.05, 0) is 43.7 Å². The average Bonchev–Trinajstić information content (AvgIpc) is 3.24. The third kappa shape index (κ3) is 4.97. The van der Waals surface area contributed by atoms with Gasteiger partial charge in [0.25, 0.3) is 5.56 Å². The fourth-order valence-corrected chi connectivity index (χ4v) is 5.57. The van der Waals surface area contributed by atoms with Gasteiger partial charge in [-0.25, -0.2) is 9.79 Å². The third-order valence-electron chi connectivity index (χ3n) is 6.24. The number of allylic oxidation sites excluding steroid dienone is 1. The second kappa shape index (κ2) is 11.6. The summed E-state index contributed by atoms with van der Waals surface area (Å²) in [5.41, 5.74) is 1.57. The SMILES string of the molecule is CCOC(=O)C1=C(C)N=c2sc(=Cc3cccc(OC)c3OC)c(=O)n2[C@H]1c1cc(OC)c(OC)c(OC)c1. The van der Waals surface area contributed by atoms with Gasteiger partial charge in [0.2, 0.25) is 5.75 Å². The lowest BCUT2D eigenvalue weighted by atomic mass is 9.95. The van der Waals surface area contributed by atoms with E-state index in [-0.39, 0.29) is 17.7 Å². The van der Waals surface area contributed by atoms with Gasteiger partial charge in [-0.15, -0.1) is 0 Å². The smallest absolute Gasteiger partial charge is 0.338 e. The van der Waals surface area contributed by atoms with Crippen molar-refractivity contribution < 1.29 is 33.2 Å². The zero-order chi connectivity index (χ0) is 28.3. The van der Waals surface area contributed by atoms with Crippen molar-refractivity contribution in [1.29, 1.82) is 0 Å². The molecule has 1 atom stereocenters. The minimum Gasteiger partial charge on any atom is -0.493 e. The summed E-state index contributed by atoms with van der Waals surface area (Å²) in [5.74, 6) is 1.62. The molecule has 206 valence electrons. The number of esters is 1. The Morgan fingerprint density at radius 3 is 2.18 bits per heavy atom. The first-order chi connectivity index (χ1) is 18.8. The molecule has 0 saturated heterocycles.